The first-order valence-electron chi connectivity index (χ1n) is 13.5. The number of sulfonamides is 1. The summed E-state index contributed by atoms with van der Waals surface area (Å²) in [6.07, 6.45) is 0. The van der Waals surface area contributed by atoms with Gasteiger partial charge in [0.05, 0.1) is 28.7 Å². The Balaban J connectivity index is 1.59. The van der Waals surface area contributed by atoms with E-state index in [-0.39, 0.29) is 22.9 Å². The predicted octanol–water partition coefficient (Wildman–Crippen LogP) is 7.22. The molecule has 1 amide bonds. The second kappa shape index (κ2) is 12.2. The van der Waals surface area contributed by atoms with Gasteiger partial charge in [0.25, 0.3) is 15.9 Å². The van der Waals surface area contributed by atoms with Gasteiger partial charge in [-0.25, -0.2) is 8.42 Å². The number of hydrogen-bond acceptors (Lipinski definition) is 3. The van der Waals surface area contributed by atoms with Crippen LogP contribution in [0.15, 0.2) is 138 Å². The highest BCUT2D eigenvalue weighted by Gasteiger charge is 2.29. The first-order chi connectivity index (χ1) is 19.8. The molecule has 5 aromatic carbocycles. The van der Waals surface area contributed by atoms with Crippen molar-refractivity contribution in [3.05, 3.63) is 167 Å². The molecule has 6 heteroatoms. The fourth-order valence-corrected chi connectivity index (χ4v) is 6.35. The van der Waals surface area contributed by atoms with E-state index in [1.54, 1.807) is 48.5 Å². The van der Waals surface area contributed by atoms with Crippen molar-refractivity contribution < 1.29 is 13.2 Å². The summed E-state index contributed by atoms with van der Waals surface area (Å²) in [6.45, 7) is 4.00. The summed E-state index contributed by atoms with van der Waals surface area (Å²) in [7, 11) is -4.01. The molecule has 0 saturated carbocycles. The van der Waals surface area contributed by atoms with Crippen LogP contribution in [0.5, 0.6) is 0 Å². The van der Waals surface area contributed by atoms with Gasteiger partial charge in [0, 0.05) is 0 Å². The number of rotatable bonds is 9. The van der Waals surface area contributed by atoms with Crippen molar-refractivity contribution >= 4 is 21.6 Å². The van der Waals surface area contributed by atoms with Gasteiger partial charge in [-0.3, -0.25) is 9.10 Å². The Labute approximate surface area is 242 Å². The zero-order valence-corrected chi connectivity index (χ0v) is 23.9. The molecule has 0 radical (unpaired) electrons. The maximum atomic E-state index is 14.1. The largest absolute Gasteiger partial charge is 0.341 e. The highest BCUT2D eigenvalue weighted by molar-refractivity contribution is 7.92. The second-order valence-electron chi connectivity index (χ2n) is 10.0. The molecule has 0 fully saturated rings. The third-order valence-corrected chi connectivity index (χ3v) is 8.88. The van der Waals surface area contributed by atoms with Crippen molar-refractivity contribution in [2.24, 2.45) is 0 Å². The smallest absolute Gasteiger partial charge is 0.264 e. The van der Waals surface area contributed by atoms with Crippen molar-refractivity contribution in [3.8, 4) is 0 Å². The van der Waals surface area contributed by atoms with E-state index >= 15 is 0 Å². The lowest BCUT2D eigenvalue weighted by molar-refractivity contribution is 0.0943. The number of benzene rings is 5. The van der Waals surface area contributed by atoms with Crippen LogP contribution in [0.2, 0.25) is 0 Å². The Kier molecular flexibility index (Phi) is 8.31. The number of aryl methyl sites for hydroxylation is 2. The zero-order valence-electron chi connectivity index (χ0n) is 23.1. The van der Waals surface area contributed by atoms with Crippen LogP contribution in [0.25, 0.3) is 0 Å². The summed E-state index contributed by atoms with van der Waals surface area (Å²) >= 11 is 0. The molecular weight excluding hydrogens is 528 g/mol. The molecule has 0 bridgehead atoms. The van der Waals surface area contributed by atoms with Crippen LogP contribution in [-0.2, 0) is 16.6 Å². The van der Waals surface area contributed by atoms with Crippen molar-refractivity contribution in [3.63, 3.8) is 0 Å². The number of anilines is 1. The number of nitrogens with zero attached hydrogens (tertiary/aromatic N) is 1. The van der Waals surface area contributed by atoms with Gasteiger partial charge >= 0.3 is 0 Å². The number of nitrogens with one attached hydrogen (secondary N) is 1. The standard InChI is InChI=1S/C35H32N2O3S/c1-26-21-23-30(24-22-26)41(39,40)37(25-28-14-5-3-6-15-28)33-20-12-11-19-32(33)35(38)36-34(29-16-7-4-8-17-29)31-18-10-9-13-27(31)2/h3-24,34H,25H2,1-2H3,(H,36,38)/t34-/m1/s1. The molecule has 206 valence electrons. The fraction of sp³-hybridized carbons (Fsp3) is 0.114. The zero-order chi connectivity index (χ0) is 28.8. The number of carbonyl (C=O) groups is 1. The monoisotopic (exact) mass is 560 g/mol. The number of hydrogen-bond donors (Lipinski definition) is 1. The SMILES string of the molecule is Cc1ccc(S(=O)(=O)N(Cc2ccccc2)c2ccccc2C(=O)N[C@H](c2ccccc2)c2ccccc2C)cc1. The van der Waals surface area contributed by atoms with Gasteiger partial charge in [-0.15, -0.1) is 0 Å². The molecular formula is C35H32N2O3S. The van der Waals surface area contributed by atoms with E-state index in [1.807, 2.05) is 98.8 Å². The minimum Gasteiger partial charge on any atom is -0.341 e. The average Bonchev–Trinajstić information content (AvgIpc) is 3.00. The average molecular weight is 561 g/mol. The molecule has 0 heterocycles. The molecule has 5 aromatic rings. The van der Waals surface area contributed by atoms with Gasteiger partial charge in [-0.1, -0.05) is 115 Å². The van der Waals surface area contributed by atoms with E-state index in [0.29, 0.717) is 5.69 Å². The van der Waals surface area contributed by atoms with E-state index in [2.05, 4.69) is 5.32 Å². The molecule has 0 spiro atoms. The van der Waals surface area contributed by atoms with Gasteiger partial charge in [-0.05, 0) is 60.4 Å². The van der Waals surface area contributed by atoms with Crippen LogP contribution >= 0.6 is 0 Å². The van der Waals surface area contributed by atoms with E-state index in [4.69, 9.17) is 0 Å². The van der Waals surface area contributed by atoms with E-state index in [0.717, 1.165) is 27.8 Å². The van der Waals surface area contributed by atoms with Crippen LogP contribution in [0.3, 0.4) is 0 Å². The topological polar surface area (TPSA) is 66.5 Å². The van der Waals surface area contributed by atoms with E-state index in [9.17, 15) is 13.2 Å². The quantitative estimate of drug-likeness (QED) is 0.207. The van der Waals surface area contributed by atoms with E-state index in [1.165, 1.54) is 4.31 Å². The molecule has 0 unspecified atom stereocenters. The van der Waals surface area contributed by atoms with Gasteiger partial charge in [-0.2, -0.15) is 0 Å². The Morgan fingerprint density at radius 3 is 1.98 bits per heavy atom. The molecule has 41 heavy (non-hydrogen) atoms. The van der Waals surface area contributed by atoms with Crippen molar-refractivity contribution in [2.45, 2.75) is 31.3 Å². The minimum atomic E-state index is -4.01. The summed E-state index contributed by atoms with van der Waals surface area (Å²) < 4.78 is 29.6. The maximum Gasteiger partial charge on any atom is 0.264 e. The second-order valence-corrected chi connectivity index (χ2v) is 11.9. The van der Waals surface area contributed by atoms with Crippen LogP contribution in [0.4, 0.5) is 5.69 Å². The van der Waals surface area contributed by atoms with E-state index < -0.39 is 16.1 Å². The third kappa shape index (κ3) is 6.23. The maximum absolute atomic E-state index is 14.1. The Bertz CT molecular complexity index is 1740. The summed E-state index contributed by atoms with van der Waals surface area (Å²) in [6, 6.07) is 40.3. The first kappa shape index (κ1) is 27.9. The van der Waals surface area contributed by atoms with Gasteiger partial charge in [0.15, 0.2) is 0 Å². The molecule has 0 aromatic heterocycles. The summed E-state index contributed by atoms with van der Waals surface area (Å²) in [5, 5.41) is 3.20. The van der Waals surface area contributed by atoms with Crippen molar-refractivity contribution in [2.75, 3.05) is 4.31 Å². The molecule has 0 aliphatic heterocycles. The number of carbonyl (C=O) groups excluding carboxylic acids is 1. The normalized spacial score (nSPS) is 12.0. The molecule has 0 aliphatic carbocycles. The molecule has 5 rings (SSSR count). The fourth-order valence-electron chi connectivity index (χ4n) is 4.88. The Hall–Kier alpha value is -4.68. The summed E-state index contributed by atoms with van der Waals surface area (Å²) in [4.78, 5) is 14.2. The van der Waals surface area contributed by atoms with Gasteiger partial charge < -0.3 is 5.32 Å². The molecule has 0 saturated heterocycles. The van der Waals surface area contributed by atoms with Crippen LogP contribution < -0.4 is 9.62 Å². The Morgan fingerprint density at radius 1 is 0.707 bits per heavy atom. The van der Waals surface area contributed by atoms with Crippen molar-refractivity contribution in [1.29, 1.82) is 0 Å². The lowest BCUT2D eigenvalue weighted by atomic mass is 9.94. The predicted molar refractivity (Wildman–Crippen MR) is 164 cm³/mol. The Morgan fingerprint density at radius 2 is 1.29 bits per heavy atom. The van der Waals surface area contributed by atoms with Gasteiger partial charge in [0.2, 0.25) is 0 Å². The lowest BCUT2D eigenvalue weighted by Gasteiger charge is -2.28. The highest BCUT2D eigenvalue weighted by Crippen LogP contribution is 2.31. The summed E-state index contributed by atoms with van der Waals surface area (Å²) in [5.41, 5.74) is 5.29. The molecule has 5 nitrogen and oxygen atoms in total. The van der Waals surface area contributed by atoms with Crippen LogP contribution in [0.1, 0.15) is 44.2 Å². The minimum absolute atomic E-state index is 0.0707. The lowest BCUT2D eigenvalue weighted by Crippen LogP contribution is -2.35. The summed E-state index contributed by atoms with van der Waals surface area (Å²) in [5.74, 6) is -0.366. The number of amides is 1. The van der Waals surface area contributed by atoms with Crippen LogP contribution in [-0.4, -0.2) is 14.3 Å². The number of para-hydroxylation sites is 1. The molecule has 1 N–H and O–H groups in total. The van der Waals surface area contributed by atoms with Crippen LogP contribution in [0, 0.1) is 13.8 Å². The van der Waals surface area contributed by atoms with Gasteiger partial charge in [0.1, 0.15) is 0 Å². The first-order valence-corrected chi connectivity index (χ1v) is 14.9. The highest BCUT2D eigenvalue weighted by atomic mass is 32.2. The third-order valence-electron chi connectivity index (χ3n) is 7.10. The molecule has 0 aliphatic rings. The molecule has 1 atom stereocenters. The van der Waals surface area contributed by atoms with Crippen molar-refractivity contribution in [1.82, 2.24) is 5.32 Å².